The number of ether oxygens (including phenoxy) is 1. The van der Waals surface area contributed by atoms with E-state index in [1.54, 1.807) is 23.2 Å². The minimum absolute atomic E-state index is 0.0354. The van der Waals surface area contributed by atoms with Gasteiger partial charge in [0.15, 0.2) is 10.7 Å². The van der Waals surface area contributed by atoms with Gasteiger partial charge in [-0.2, -0.15) is 0 Å². The Balaban J connectivity index is 1.48. The van der Waals surface area contributed by atoms with Crippen molar-refractivity contribution in [2.24, 2.45) is 5.92 Å². The van der Waals surface area contributed by atoms with Gasteiger partial charge in [0.1, 0.15) is 5.52 Å². The summed E-state index contributed by atoms with van der Waals surface area (Å²) in [6.45, 7) is 5.83. The largest absolute Gasteiger partial charge is 0.381 e. The van der Waals surface area contributed by atoms with E-state index in [0.29, 0.717) is 45.8 Å². The molecule has 0 spiro atoms. The fourth-order valence-corrected chi connectivity index (χ4v) is 6.81. The molecule has 1 saturated heterocycles. The predicted octanol–water partition coefficient (Wildman–Crippen LogP) is 4.95. The molecule has 2 aromatic heterocycles. The summed E-state index contributed by atoms with van der Waals surface area (Å²) < 4.78 is 32.7. The Bertz CT molecular complexity index is 1610. The van der Waals surface area contributed by atoms with Crippen LogP contribution in [0.25, 0.3) is 22.3 Å². The van der Waals surface area contributed by atoms with Gasteiger partial charge in [-0.1, -0.05) is 18.2 Å². The fourth-order valence-electron chi connectivity index (χ4n) is 4.63. The Morgan fingerprint density at radius 3 is 2.76 bits per heavy atom. The highest BCUT2D eigenvalue weighted by Crippen LogP contribution is 2.32. The van der Waals surface area contributed by atoms with Gasteiger partial charge in [-0.3, -0.25) is 4.79 Å². The SMILES string of the molecule is Cc1ccc(Br)c(S(=O)(=O)c2cnc3[nH]cc(-c4ccc(C(=O)N(C)C[C@@H]5CCOC5)c(C)c4)c3n2)c1. The molecule has 0 radical (unpaired) electrons. The molecular weight excluding hydrogens is 556 g/mol. The average Bonchev–Trinajstić information content (AvgIpc) is 3.54. The highest BCUT2D eigenvalue weighted by molar-refractivity contribution is 9.10. The van der Waals surface area contributed by atoms with Crippen molar-refractivity contribution in [2.45, 2.75) is 30.2 Å². The van der Waals surface area contributed by atoms with Crippen molar-refractivity contribution >= 4 is 42.8 Å². The van der Waals surface area contributed by atoms with Gasteiger partial charge in [0.2, 0.25) is 9.84 Å². The molecule has 1 aliphatic rings. The number of benzene rings is 2. The predicted molar refractivity (Wildman–Crippen MR) is 144 cm³/mol. The Kier molecular flexibility index (Phi) is 6.91. The van der Waals surface area contributed by atoms with Crippen molar-refractivity contribution < 1.29 is 17.9 Å². The van der Waals surface area contributed by atoms with Crippen molar-refractivity contribution in [1.82, 2.24) is 19.9 Å². The molecule has 1 N–H and O–H groups in total. The summed E-state index contributed by atoms with van der Waals surface area (Å²) in [5.41, 5.74) is 4.73. The zero-order chi connectivity index (χ0) is 26.3. The van der Waals surface area contributed by atoms with E-state index in [1.165, 1.54) is 6.20 Å². The van der Waals surface area contributed by atoms with E-state index in [2.05, 4.69) is 30.9 Å². The van der Waals surface area contributed by atoms with Crippen LogP contribution >= 0.6 is 15.9 Å². The maximum absolute atomic E-state index is 13.4. The number of aromatic amines is 1. The Hall–Kier alpha value is -3.08. The van der Waals surface area contributed by atoms with E-state index >= 15 is 0 Å². The molecule has 1 amide bonds. The van der Waals surface area contributed by atoms with Crippen molar-refractivity contribution in [3.8, 4) is 11.1 Å². The van der Waals surface area contributed by atoms with Crippen molar-refractivity contribution in [3.63, 3.8) is 0 Å². The third-order valence-corrected chi connectivity index (χ3v) is 9.30. The van der Waals surface area contributed by atoms with Crippen molar-refractivity contribution in [2.75, 3.05) is 26.8 Å². The van der Waals surface area contributed by atoms with Crippen LogP contribution in [0.2, 0.25) is 0 Å². The number of nitrogens with one attached hydrogen (secondary N) is 1. The molecule has 1 aliphatic heterocycles. The van der Waals surface area contributed by atoms with Gasteiger partial charge < -0.3 is 14.6 Å². The molecule has 192 valence electrons. The number of sulfone groups is 1. The number of hydrogen-bond donors (Lipinski definition) is 1. The van der Waals surface area contributed by atoms with Crippen molar-refractivity contribution in [3.05, 3.63) is 70.0 Å². The molecule has 0 aliphatic carbocycles. The Labute approximate surface area is 224 Å². The molecule has 10 heteroatoms. The van der Waals surface area contributed by atoms with E-state index in [9.17, 15) is 13.2 Å². The van der Waals surface area contributed by atoms with Crippen LogP contribution in [-0.4, -0.2) is 61.0 Å². The number of carbonyl (C=O) groups excluding carboxylic acids is 1. The standard InChI is InChI=1S/C27H27BrN4O4S/c1-16-4-7-22(28)23(10-16)37(34,35)24-13-30-26-25(31-24)21(12-29-26)19-5-6-20(17(2)11-19)27(33)32(3)14-18-8-9-36-15-18/h4-7,10-13,18H,8-9,14-15H2,1-3H3,(H,29,30)/t18-/m0/s1. The van der Waals surface area contributed by atoms with Gasteiger partial charge >= 0.3 is 0 Å². The zero-order valence-corrected chi connectivity index (χ0v) is 23.2. The Morgan fingerprint density at radius 1 is 1.22 bits per heavy atom. The second kappa shape index (κ2) is 10.00. The number of fused-ring (bicyclic) bond motifs is 1. The highest BCUT2D eigenvalue weighted by atomic mass is 79.9. The maximum Gasteiger partial charge on any atom is 0.253 e. The third kappa shape index (κ3) is 4.93. The first-order valence-electron chi connectivity index (χ1n) is 11.9. The third-order valence-electron chi connectivity index (χ3n) is 6.68. The molecule has 37 heavy (non-hydrogen) atoms. The zero-order valence-electron chi connectivity index (χ0n) is 20.8. The van der Waals surface area contributed by atoms with E-state index < -0.39 is 9.84 Å². The van der Waals surface area contributed by atoms with E-state index in [4.69, 9.17) is 4.74 Å². The molecule has 1 fully saturated rings. The summed E-state index contributed by atoms with van der Waals surface area (Å²) in [5.74, 6) is 0.330. The molecule has 3 heterocycles. The van der Waals surface area contributed by atoms with Gasteiger partial charge in [0.25, 0.3) is 5.91 Å². The normalized spacial score (nSPS) is 15.8. The second-order valence-corrected chi connectivity index (χ2v) is 12.2. The minimum atomic E-state index is -3.90. The van der Waals surface area contributed by atoms with E-state index in [1.807, 2.05) is 45.2 Å². The number of amides is 1. The summed E-state index contributed by atoms with van der Waals surface area (Å²) in [4.78, 5) is 26.9. The topological polar surface area (TPSA) is 105 Å². The van der Waals surface area contributed by atoms with Crippen LogP contribution in [0.5, 0.6) is 0 Å². The molecule has 1 atom stereocenters. The lowest BCUT2D eigenvalue weighted by Gasteiger charge is -2.21. The second-order valence-electron chi connectivity index (χ2n) is 9.49. The number of carbonyl (C=O) groups is 1. The number of hydrogen-bond acceptors (Lipinski definition) is 6. The number of rotatable bonds is 6. The van der Waals surface area contributed by atoms with E-state index in [-0.39, 0.29) is 15.8 Å². The molecule has 0 bridgehead atoms. The lowest BCUT2D eigenvalue weighted by Crippen LogP contribution is -2.32. The maximum atomic E-state index is 13.4. The smallest absolute Gasteiger partial charge is 0.253 e. The van der Waals surface area contributed by atoms with Gasteiger partial charge in [-0.15, -0.1) is 0 Å². The van der Waals surface area contributed by atoms with Crippen LogP contribution in [0, 0.1) is 19.8 Å². The van der Waals surface area contributed by atoms with Crippen LogP contribution in [0.3, 0.4) is 0 Å². The average molecular weight is 584 g/mol. The summed E-state index contributed by atoms with van der Waals surface area (Å²) >= 11 is 3.35. The summed E-state index contributed by atoms with van der Waals surface area (Å²) in [6.07, 6.45) is 3.99. The van der Waals surface area contributed by atoms with Gasteiger partial charge in [0, 0.05) is 47.9 Å². The molecule has 8 nitrogen and oxygen atoms in total. The first-order valence-corrected chi connectivity index (χ1v) is 14.2. The first-order chi connectivity index (χ1) is 17.6. The fraction of sp³-hybridized carbons (Fsp3) is 0.296. The van der Waals surface area contributed by atoms with Crippen LogP contribution in [0.1, 0.15) is 27.9 Å². The lowest BCUT2D eigenvalue weighted by atomic mass is 10.00. The van der Waals surface area contributed by atoms with Crippen LogP contribution in [0.15, 0.2) is 63.2 Å². The Morgan fingerprint density at radius 2 is 2.03 bits per heavy atom. The number of H-pyrrole nitrogens is 1. The molecule has 5 rings (SSSR count). The number of aryl methyl sites for hydroxylation is 2. The van der Waals surface area contributed by atoms with Crippen LogP contribution in [-0.2, 0) is 14.6 Å². The quantitative estimate of drug-likeness (QED) is 0.345. The molecule has 0 saturated carbocycles. The summed E-state index contributed by atoms with van der Waals surface area (Å²) in [6, 6.07) is 10.7. The number of aromatic nitrogens is 3. The van der Waals surface area contributed by atoms with Crippen LogP contribution in [0.4, 0.5) is 0 Å². The van der Waals surface area contributed by atoms with Crippen LogP contribution < -0.4 is 0 Å². The number of nitrogens with zero attached hydrogens (tertiary/aromatic N) is 3. The highest BCUT2D eigenvalue weighted by Gasteiger charge is 2.25. The molecule has 4 aromatic rings. The monoisotopic (exact) mass is 582 g/mol. The first kappa shape index (κ1) is 25.6. The minimum Gasteiger partial charge on any atom is -0.381 e. The summed E-state index contributed by atoms with van der Waals surface area (Å²) in [5, 5.41) is -0.131. The van der Waals surface area contributed by atoms with Gasteiger partial charge in [-0.05, 0) is 71.1 Å². The van der Waals surface area contributed by atoms with E-state index in [0.717, 1.165) is 29.7 Å². The summed E-state index contributed by atoms with van der Waals surface area (Å²) in [7, 11) is -2.08. The van der Waals surface area contributed by atoms with Gasteiger partial charge in [0.05, 0.1) is 17.7 Å². The van der Waals surface area contributed by atoms with Gasteiger partial charge in [-0.25, -0.2) is 18.4 Å². The molecule has 2 aromatic carbocycles. The number of halogens is 1. The van der Waals surface area contributed by atoms with Crippen molar-refractivity contribution in [1.29, 1.82) is 0 Å². The molecular formula is C27H27BrN4O4S. The molecule has 0 unspecified atom stereocenters. The lowest BCUT2D eigenvalue weighted by molar-refractivity contribution is 0.0765.